The zero-order chi connectivity index (χ0) is 17.3. The highest BCUT2D eigenvalue weighted by molar-refractivity contribution is 6.29. The summed E-state index contributed by atoms with van der Waals surface area (Å²) >= 11 is 0. The molecule has 1 aromatic rings. The summed E-state index contributed by atoms with van der Waals surface area (Å²) in [5.41, 5.74) is 1.82. The predicted molar refractivity (Wildman–Crippen MR) is 86.0 cm³/mol. The molecule has 6 heteroatoms. The van der Waals surface area contributed by atoms with E-state index in [1.807, 2.05) is 24.3 Å². The number of dihydropyridines is 1. The van der Waals surface area contributed by atoms with Crippen molar-refractivity contribution in [2.75, 3.05) is 14.2 Å². The first-order chi connectivity index (χ1) is 11.5. The van der Waals surface area contributed by atoms with Crippen molar-refractivity contribution in [3.05, 3.63) is 41.5 Å². The molecule has 1 aliphatic heterocycles. The lowest BCUT2D eigenvalue weighted by Gasteiger charge is -2.27. The number of benzene rings is 1. The van der Waals surface area contributed by atoms with E-state index in [9.17, 15) is 14.4 Å². The Balaban J connectivity index is 1.86. The van der Waals surface area contributed by atoms with Crippen LogP contribution in [0.15, 0.2) is 40.9 Å². The van der Waals surface area contributed by atoms with Crippen LogP contribution in [-0.4, -0.2) is 37.6 Å². The van der Waals surface area contributed by atoms with Crippen LogP contribution in [0.5, 0.6) is 5.75 Å². The topological polar surface area (TPSA) is 82.0 Å². The molecule has 0 aromatic heterocycles. The summed E-state index contributed by atoms with van der Waals surface area (Å²) in [6.07, 6.45) is 2.20. The standard InChI is InChI=1S/C18H17NO5/c1-23-12-5-3-10(4-6-12)11-7-15-13(16(20)8-11)9-14(17(21)19-15)18(22)24-2/h3-6,9,11,14H,7-8H2,1-2H3. The molecule has 1 heterocycles. The van der Waals surface area contributed by atoms with Crippen LogP contribution in [0.25, 0.3) is 0 Å². The van der Waals surface area contributed by atoms with Gasteiger partial charge >= 0.3 is 5.97 Å². The number of carbonyl (C=O) groups is 3. The van der Waals surface area contributed by atoms with Crippen molar-refractivity contribution >= 4 is 23.4 Å². The SMILES string of the molecule is COC(=O)C1C=C2C(=O)CC(c3ccc(OC)cc3)CC2=NC1=O. The second-order valence-electron chi connectivity index (χ2n) is 5.78. The summed E-state index contributed by atoms with van der Waals surface area (Å²) in [4.78, 5) is 40.1. The fourth-order valence-electron chi connectivity index (χ4n) is 3.05. The lowest BCUT2D eigenvalue weighted by molar-refractivity contribution is -0.147. The smallest absolute Gasteiger partial charge is 0.322 e. The second-order valence-corrected chi connectivity index (χ2v) is 5.78. The maximum absolute atomic E-state index is 12.5. The van der Waals surface area contributed by atoms with Crippen molar-refractivity contribution in [2.45, 2.75) is 18.8 Å². The van der Waals surface area contributed by atoms with Gasteiger partial charge in [0.1, 0.15) is 5.75 Å². The van der Waals surface area contributed by atoms with E-state index in [0.29, 0.717) is 24.1 Å². The molecule has 6 nitrogen and oxygen atoms in total. The molecule has 0 N–H and O–H groups in total. The van der Waals surface area contributed by atoms with Crippen LogP contribution in [0.1, 0.15) is 24.3 Å². The molecule has 2 atom stereocenters. The molecule has 1 amide bonds. The first-order valence-corrected chi connectivity index (χ1v) is 7.62. The average Bonchev–Trinajstić information content (AvgIpc) is 2.60. The van der Waals surface area contributed by atoms with Gasteiger partial charge in [-0.15, -0.1) is 0 Å². The van der Waals surface area contributed by atoms with Crippen molar-refractivity contribution in [3.8, 4) is 5.75 Å². The van der Waals surface area contributed by atoms with E-state index < -0.39 is 17.8 Å². The Hall–Kier alpha value is -2.76. The molecule has 1 aliphatic carbocycles. The minimum atomic E-state index is -1.12. The van der Waals surface area contributed by atoms with Gasteiger partial charge in [-0.2, -0.15) is 0 Å². The highest BCUT2D eigenvalue weighted by Gasteiger charge is 2.37. The third-order valence-corrected chi connectivity index (χ3v) is 4.37. The Morgan fingerprint density at radius 3 is 2.46 bits per heavy atom. The van der Waals surface area contributed by atoms with Crippen LogP contribution in [0.3, 0.4) is 0 Å². The van der Waals surface area contributed by atoms with Gasteiger partial charge < -0.3 is 9.47 Å². The number of amides is 1. The monoisotopic (exact) mass is 327 g/mol. The summed E-state index contributed by atoms with van der Waals surface area (Å²) in [6.45, 7) is 0. The van der Waals surface area contributed by atoms with Crippen LogP contribution in [0, 0.1) is 5.92 Å². The number of aliphatic imine (C=N–C) groups is 1. The molecule has 1 aromatic carbocycles. The van der Waals surface area contributed by atoms with Crippen LogP contribution >= 0.6 is 0 Å². The van der Waals surface area contributed by atoms with Crippen LogP contribution in [-0.2, 0) is 19.1 Å². The fourth-order valence-corrected chi connectivity index (χ4v) is 3.05. The van der Waals surface area contributed by atoms with E-state index in [-0.39, 0.29) is 11.7 Å². The van der Waals surface area contributed by atoms with E-state index in [1.165, 1.54) is 13.2 Å². The number of hydrogen-bond acceptors (Lipinski definition) is 5. The summed E-state index contributed by atoms with van der Waals surface area (Å²) in [5, 5.41) is 0. The normalized spacial score (nSPS) is 23.1. The van der Waals surface area contributed by atoms with E-state index in [2.05, 4.69) is 9.73 Å². The molecule has 124 valence electrons. The molecule has 3 rings (SSSR count). The lowest BCUT2D eigenvalue weighted by atomic mass is 9.77. The Labute approximate surface area is 139 Å². The van der Waals surface area contributed by atoms with Gasteiger partial charge in [-0.05, 0) is 36.1 Å². The number of carbonyl (C=O) groups excluding carboxylic acids is 3. The number of rotatable bonds is 3. The highest BCUT2D eigenvalue weighted by atomic mass is 16.5. The summed E-state index contributed by atoms with van der Waals surface area (Å²) < 4.78 is 9.72. The van der Waals surface area contributed by atoms with Gasteiger partial charge in [-0.3, -0.25) is 14.4 Å². The third kappa shape index (κ3) is 2.87. The van der Waals surface area contributed by atoms with Crippen molar-refractivity contribution in [1.29, 1.82) is 0 Å². The number of hydrogen-bond donors (Lipinski definition) is 0. The van der Waals surface area contributed by atoms with Gasteiger partial charge in [0.25, 0.3) is 5.91 Å². The summed E-state index contributed by atoms with van der Waals surface area (Å²) in [5.74, 6) is -1.80. The molecule has 0 saturated heterocycles. The number of methoxy groups -OCH3 is 2. The van der Waals surface area contributed by atoms with E-state index >= 15 is 0 Å². The second kappa shape index (κ2) is 6.39. The number of ether oxygens (including phenoxy) is 2. The zero-order valence-corrected chi connectivity index (χ0v) is 13.4. The molecule has 2 aliphatic rings. The van der Waals surface area contributed by atoms with Crippen molar-refractivity contribution in [3.63, 3.8) is 0 Å². The number of nitrogens with zero attached hydrogens (tertiary/aromatic N) is 1. The van der Waals surface area contributed by atoms with Gasteiger partial charge in [0.05, 0.1) is 19.9 Å². The van der Waals surface area contributed by atoms with Crippen LogP contribution < -0.4 is 4.74 Å². The number of ketones is 1. The van der Waals surface area contributed by atoms with Gasteiger partial charge in [0.15, 0.2) is 11.7 Å². The van der Waals surface area contributed by atoms with E-state index in [1.54, 1.807) is 7.11 Å². The first-order valence-electron chi connectivity index (χ1n) is 7.62. The maximum Gasteiger partial charge on any atom is 0.322 e. The van der Waals surface area contributed by atoms with E-state index in [4.69, 9.17) is 4.74 Å². The van der Waals surface area contributed by atoms with Crippen molar-refractivity contribution < 1.29 is 23.9 Å². The van der Waals surface area contributed by atoms with Gasteiger partial charge in [0.2, 0.25) is 0 Å². The zero-order valence-electron chi connectivity index (χ0n) is 13.4. The van der Waals surface area contributed by atoms with Gasteiger partial charge in [-0.1, -0.05) is 12.1 Å². The highest BCUT2D eigenvalue weighted by Crippen LogP contribution is 2.35. The number of fused-ring (bicyclic) bond motifs is 1. The molecule has 1 saturated carbocycles. The Morgan fingerprint density at radius 2 is 1.83 bits per heavy atom. The van der Waals surface area contributed by atoms with Crippen molar-refractivity contribution in [1.82, 2.24) is 0 Å². The number of esters is 1. The predicted octanol–water partition coefficient (Wildman–Crippen LogP) is 1.84. The fraction of sp³-hybridized carbons (Fsp3) is 0.333. The number of allylic oxidation sites excluding steroid dienone is 1. The minimum Gasteiger partial charge on any atom is -0.497 e. The Morgan fingerprint density at radius 1 is 1.12 bits per heavy atom. The molecule has 0 bridgehead atoms. The average molecular weight is 327 g/mol. The maximum atomic E-state index is 12.5. The molecular weight excluding hydrogens is 310 g/mol. The quantitative estimate of drug-likeness (QED) is 0.625. The van der Waals surface area contributed by atoms with E-state index in [0.717, 1.165) is 11.3 Å². The molecule has 2 unspecified atom stereocenters. The molecule has 1 fully saturated rings. The molecular formula is C18H17NO5. The Bertz CT molecular complexity index is 760. The summed E-state index contributed by atoms with van der Waals surface area (Å²) in [6, 6.07) is 7.50. The minimum absolute atomic E-state index is 0.0400. The third-order valence-electron chi connectivity index (χ3n) is 4.37. The summed E-state index contributed by atoms with van der Waals surface area (Å²) in [7, 11) is 2.80. The van der Waals surface area contributed by atoms with Crippen molar-refractivity contribution in [2.24, 2.45) is 10.9 Å². The first kappa shape index (κ1) is 16.1. The van der Waals surface area contributed by atoms with Crippen LogP contribution in [0.4, 0.5) is 0 Å². The number of Topliss-reactive ketones (excluding diaryl/α,β-unsaturated/α-hetero) is 1. The molecule has 0 spiro atoms. The lowest BCUT2D eigenvalue weighted by Crippen LogP contribution is -2.33. The molecule has 24 heavy (non-hydrogen) atoms. The van der Waals surface area contributed by atoms with Crippen LogP contribution in [0.2, 0.25) is 0 Å². The van der Waals surface area contributed by atoms with Gasteiger partial charge in [0, 0.05) is 12.0 Å². The van der Waals surface area contributed by atoms with Gasteiger partial charge in [-0.25, -0.2) is 4.99 Å². The largest absolute Gasteiger partial charge is 0.497 e. The Kier molecular flexibility index (Phi) is 4.29. The molecule has 0 radical (unpaired) electrons.